The lowest BCUT2D eigenvalue weighted by atomic mass is 9.69. The van der Waals surface area contributed by atoms with E-state index in [1.807, 2.05) is 43.3 Å². The third-order valence-electron chi connectivity index (χ3n) is 6.60. The van der Waals surface area contributed by atoms with Crippen molar-refractivity contribution in [2.24, 2.45) is 10.9 Å². The molecular formula is C26H23BrClNO5. The Balaban J connectivity index is 1.62. The number of esters is 1. The van der Waals surface area contributed by atoms with Crippen LogP contribution in [-0.4, -0.2) is 30.9 Å². The fourth-order valence-corrected chi connectivity index (χ4v) is 5.77. The zero-order valence-electron chi connectivity index (χ0n) is 18.8. The first kappa shape index (κ1) is 23.1. The highest BCUT2D eigenvalue weighted by molar-refractivity contribution is 9.10. The molecule has 2 heterocycles. The molecule has 6 nitrogen and oxygen atoms in total. The second-order valence-electron chi connectivity index (χ2n) is 8.63. The van der Waals surface area contributed by atoms with E-state index in [1.165, 1.54) is 0 Å². The summed E-state index contributed by atoms with van der Waals surface area (Å²) in [4.78, 5) is 31.6. The van der Waals surface area contributed by atoms with E-state index >= 15 is 0 Å². The average Bonchev–Trinajstić information content (AvgIpc) is 3.25. The van der Waals surface area contributed by atoms with Gasteiger partial charge in [0.25, 0.3) is 0 Å². The molecule has 3 aliphatic rings. The van der Waals surface area contributed by atoms with Crippen molar-refractivity contribution < 1.29 is 23.8 Å². The molecule has 5 rings (SSSR count). The van der Waals surface area contributed by atoms with Crippen LogP contribution in [-0.2, 0) is 14.3 Å². The van der Waals surface area contributed by atoms with Crippen LogP contribution in [0.1, 0.15) is 49.7 Å². The van der Waals surface area contributed by atoms with Crippen molar-refractivity contribution in [2.75, 3.05) is 13.4 Å². The molecule has 0 N–H and O–H groups in total. The number of aliphatic imine (C=N–C) groups is 1. The van der Waals surface area contributed by atoms with Crippen LogP contribution in [0.4, 0.5) is 0 Å². The first-order valence-corrected chi connectivity index (χ1v) is 12.4. The summed E-state index contributed by atoms with van der Waals surface area (Å²) in [5.41, 5.74) is 3.77. The minimum atomic E-state index is -0.702. The second-order valence-corrected chi connectivity index (χ2v) is 9.92. The number of benzene rings is 2. The molecule has 1 aliphatic carbocycles. The number of carbonyl (C=O) groups is 2. The maximum atomic E-state index is 13.7. The molecular weight excluding hydrogens is 522 g/mol. The minimum absolute atomic E-state index is 0.0000506. The SMILES string of the molecule is CCOC(=O)C1C(C)=NC2=C(C(=O)C[C@@H](c3ccc(Cl)cc3)C2)[C@H]1c1cc2c(cc1Br)OCO2. The van der Waals surface area contributed by atoms with Gasteiger partial charge in [-0.3, -0.25) is 14.6 Å². The number of hydrogen-bond acceptors (Lipinski definition) is 6. The summed E-state index contributed by atoms with van der Waals surface area (Å²) in [5, 5.41) is 0.655. The van der Waals surface area contributed by atoms with Crippen LogP contribution in [0, 0.1) is 5.92 Å². The van der Waals surface area contributed by atoms with Gasteiger partial charge >= 0.3 is 5.97 Å². The standard InChI is InChI=1S/C26H23BrClNO5/c1-3-32-26(31)23-13(2)29-19-8-15(14-4-6-16(28)7-5-14)9-20(30)25(19)24(23)17-10-21-22(11-18(17)27)34-12-33-21/h4-7,10-11,15,23-24H,3,8-9,12H2,1-2H3/t15-,23?,24-/m0/s1. The van der Waals surface area contributed by atoms with E-state index in [9.17, 15) is 9.59 Å². The summed E-state index contributed by atoms with van der Waals surface area (Å²) < 4.78 is 17.3. The third kappa shape index (κ3) is 4.05. The van der Waals surface area contributed by atoms with Crippen molar-refractivity contribution in [1.29, 1.82) is 0 Å². The lowest BCUT2D eigenvalue weighted by Gasteiger charge is -2.37. The van der Waals surface area contributed by atoms with Gasteiger partial charge in [0.1, 0.15) is 5.92 Å². The van der Waals surface area contributed by atoms with Crippen LogP contribution in [0.15, 0.2) is 57.1 Å². The Kier molecular flexibility index (Phi) is 6.25. The van der Waals surface area contributed by atoms with Crippen molar-refractivity contribution in [3.63, 3.8) is 0 Å². The molecule has 34 heavy (non-hydrogen) atoms. The third-order valence-corrected chi connectivity index (χ3v) is 7.54. The highest BCUT2D eigenvalue weighted by atomic mass is 79.9. The van der Waals surface area contributed by atoms with Crippen LogP contribution in [0.5, 0.6) is 11.5 Å². The molecule has 0 fully saturated rings. The fraction of sp³-hybridized carbons (Fsp3) is 0.346. The molecule has 0 aromatic heterocycles. The first-order valence-electron chi connectivity index (χ1n) is 11.2. The van der Waals surface area contributed by atoms with Gasteiger partial charge in [-0.05, 0) is 61.6 Å². The summed E-state index contributed by atoms with van der Waals surface area (Å²) in [6.07, 6.45) is 0.942. The monoisotopic (exact) mass is 543 g/mol. The van der Waals surface area contributed by atoms with Gasteiger partial charge in [-0.2, -0.15) is 0 Å². The minimum Gasteiger partial charge on any atom is -0.465 e. The number of allylic oxidation sites excluding steroid dienone is 2. The van der Waals surface area contributed by atoms with Crippen molar-refractivity contribution >= 4 is 45.0 Å². The second kappa shape index (κ2) is 9.19. The molecule has 0 radical (unpaired) electrons. The van der Waals surface area contributed by atoms with Gasteiger partial charge in [0.05, 0.1) is 6.61 Å². The molecule has 1 unspecified atom stereocenters. The van der Waals surface area contributed by atoms with E-state index in [1.54, 1.807) is 6.92 Å². The Morgan fingerprint density at radius 3 is 2.59 bits per heavy atom. The van der Waals surface area contributed by atoms with Gasteiger partial charge in [0, 0.05) is 38.8 Å². The maximum absolute atomic E-state index is 13.7. The van der Waals surface area contributed by atoms with Gasteiger partial charge in [-0.15, -0.1) is 0 Å². The molecule has 0 saturated carbocycles. The molecule has 3 atom stereocenters. The molecule has 176 valence electrons. The van der Waals surface area contributed by atoms with Crippen molar-refractivity contribution in [3.8, 4) is 11.5 Å². The number of nitrogens with zero attached hydrogens (tertiary/aromatic N) is 1. The quantitative estimate of drug-likeness (QED) is 0.444. The summed E-state index contributed by atoms with van der Waals surface area (Å²) >= 11 is 9.70. The predicted molar refractivity (Wildman–Crippen MR) is 132 cm³/mol. The summed E-state index contributed by atoms with van der Waals surface area (Å²) in [5.74, 6) is -0.429. The maximum Gasteiger partial charge on any atom is 0.315 e. The Hall–Kier alpha value is -2.64. The van der Waals surface area contributed by atoms with E-state index in [-0.39, 0.29) is 25.1 Å². The predicted octanol–water partition coefficient (Wildman–Crippen LogP) is 5.97. The van der Waals surface area contributed by atoms with Crippen LogP contribution >= 0.6 is 27.5 Å². The van der Waals surface area contributed by atoms with Crippen LogP contribution in [0.3, 0.4) is 0 Å². The number of Topliss-reactive ketones (excluding diaryl/α,β-unsaturated/α-hetero) is 1. The lowest BCUT2D eigenvalue weighted by molar-refractivity contribution is -0.146. The summed E-state index contributed by atoms with van der Waals surface area (Å²) in [6.45, 7) is 3.98. The number of halogens is 2. The van der Waals surface area contributed by atoms with Gasteiger partial charge in [0.2, 0.25) is 6.79 Å². The van der Waals surface area contributed by atoms with E-state index in [4.69, 9.17) is 30.8 Å². The highest BCUT2D eigenvalue weighted by Crippen LogP contribution is 2.50. The van der Waals surface area contributed by atoms with Gasteiger partial charge < -0.3 is 14.2 Å². The molecule has 0 amide bonds. The Morgan fingerprint density at radius 2 is 1.88 bits per heavy atom. The normalized spacial score (nSPS) is 23.5. The van der Waals surface area contributed by atoms with Crippen molar-refractivity contribution in [1.82, 2.24) is 0 Å². The molecule has 8 heteroatoms. The largest absolute Gasteiger partial charge is 0.465 e. The van der Waals surface area contributed by atoms with Gasteiger partial charge in [-0.1, -0.05) is 39.7 Å². The van der Waals surface area contributed by atoms with Crippen molar-refractivity contribution in [2.45, 2.75) is 38.5 Å². The smallest absolute Gasteiger partial charge is 0.315 e. The Morgan fingerprint density at radius 1 is 1.18 bits per heavy atom. The summed E-state index contributed by atoms with van der Waals surface area (Å²) in [6, 6.07) is 11.3. The molecule has 2 aromatic rings. The fourth-order valence-electron chi connectivity index (χ4n) is 5.07. The van der Waals surface area contributed by atoms with E-state index in [0.717, 1.165) is 21.3 Å². The molecule has 2 aliphatic heterocycles. The Labute approximate surface area is 211 Å². The number of ketones is 1. The van der Waals surface area contributed by atoms with Gasteiger partial charge in [-0.25, -0.2) is 0 Å². The number of fused-ring (bicyclic) bond motifs is 1. The molecule has 0 saturated heterocycles. The number of rotatable bonds is 4. The topological polar surface area (TPSA) is 74.2 Å². The summed E-state index contributed by atoms with van der Waals surface area (Å²) in [7, 11) is 0. The molecule has 0 bridgehead atoms. The van der Waals surface area contributed by atoms with E-state index < -0.39 is 17.8 Å². The van der Waals surface area contributed by atoms with Crippen LogP contribution < -0.4 is 9.47 Å². The molecule has 0 spiro atoms. The highest BCUT2D eigenvalue weighted by Gasteiger charge is 2.45. The first-order chi connectivity index (χ1) is 16.4. The van der Waals surface area contributed by atoms with Crippen LogP contribution in [0.25, 0.3) is 0 Å². The molecule has 2 aromatic carbocycles. The zero-order chi connectivity index (χ0) is 24.0. The lowest BCUT2D eigenvalue weighted by Crippen LogP contribution is -2.38. The number of hydrogen-bond donors (Lipinski definition) is 0. The average molecular weight is 545 g/mol. The zero-order valence-corrected chi connectivity index (χ0v) is 21.1. The van der Waals surface area contributed by atoms with E-state index in [0.29, 0.717) is 40.6 Å². The van der Waals surface area contributed by atoms with Crippen molar-refractivity contribution in [3.05, 3.63) is 68.3 Å². The number of carbonyl (C=O) groups excluding carboxylic acids is 2. The van der Waals surface area contributed by atoms with E-state index in [2.05, 4.69) is 15.9 Å². The Bertz CT molecular complexity index is 1240. The van der Waals surface area contributed by atoms with Crippen LogP contribution in [0.2, 0.25) is 5.02 Å². The number of ether oxygens (including phenoxy) is 3. The van der Waals surface area contributed by atoms with Gasteiger partial charge in [0.15, 0.2) is 17.3 Å².